The van der Waals surface area contributed by atoms with Crippen LogP contribution in [0.2, 0.25) is 0 Å². The van der Waals surface area contributed by atoms with Crippen molar-refractivity contribution in [2.24, 2.45) is 5.92 Å². The summed E-state index contributed by atoms with van der Waals surface area (Å²) in [6.45, 7) is 14.1. The minimum atomic E-state index is -0.663. The molecule has 2 atom stereocenters. The van der Waals surface area contributed by atoms with Crippen molar-refractivity contribution in [1.82, 2.24) is 29.4 Å². The van der Waals surface area contributed by atoms with Crippen molar-refractivity contribution in [1.29, 1.82) is 0 Å². The van der Waals surface area contributed by atoms with E-state index in [9.17, 15) is 9.18 Å². The Morgan fingerprint density at radius 1 is 1.09 bits per heavy atom. The molecule has 3 aromatic heterocycles. The molecule has 1 N–H and O–H groups in total. The maximum absolute atomic E-state index is 15.1. The Labute approximate surface area is 250 Å². The third kappa shape index (κ3) is 6.57. The summed E-state index contributed by atoms with van der Waals surface area (Å²) >= 11 is 0. The standard InChI is InChI=1S/C32H39F2N7O2/c1-19(2)13-26(40-10-12-43-32(6,18-40)9-11-42)22-7-8-28(35-16-22)38-31-36-17-25(34)29(39-31)23-14-24(33)30-27(15-23)41(20(3)4)21(5)37-30/h7-8,11,14-17,19-20,26H,9-10,12-13,18H2,1-6H3,(H,35,36,38,39)/t26?,32-/m0/s1. The van der Waals surface area contributed by atoms with Gasteiger partial charge in [-0.15, -0.1) is 0 Å². The second kappa shape index (κ2) is 12.4. The largest absolute Gasteiger partial charge is 0.372 e. The monoisotopic (exact) mass is 591 g/mol. The lowest BCUT2D eigenvalue weighted by Gasteiger charge is -2.44. The fourth-order valence-electron chi connectivity index (χ4n) is 5.95. The number of nitrogens with zero attached hydrogens (tertiary/aromatic N) is 6. The number of rotatable bonds is 10. The van der Waals surface area contributed by atoms with E-state index in [1.807, 2.05) is 50.6 Å². The minimum absolute atomic E-state index is 0.0215. The number of benzene rings is 1. The highest BCUT2D eigenvalue weighted by molar-refractivity contribution is 5.83. The van der Waals surface area contributed by atoms with Crippen LogP contribution in [0.3, 0.4) is 0 Å². The molecule has 0 saturated carbocycles. The fourth-order valence-corrected chi connectivity index (χ4v) is 5.95. The molecule has 11 heteroatoms. The van der Waals surface area contributed by atoms with Gasteiger partial charge in [0.2, 0.25) is 5.95 Å². The van der Waals surface area contributed by atoms with E-state index >= 15 is 4.39 Å². The third-order valence-electron chi connectivity index (χ3n) is 7.89. The number of nitrogens with one attached hydrogen (secondary N) is 1. The zero-order valence-corrected chi connectivity index (χ0v) is 25.6. The number of aryl methyl sites for hydroxylation is 1. The van der Waals surface area contributed by atoms with Gasteiger partial charge in [-0.3, -0.25) is 4.90 Å². The summed E-state index contributed by atoms with van der Waals surface area (Å²) in [4.78, 5) is 31.1. The van der Waals surface area contributed by atoms with Crippen LogP contribution in [0, 0.1) is 24.5 Å². The highest BCUT2D eigenvalue weighted by atomic mass is 19.1. The fraction of sp³-hybridized carbons (Fsp3) is 0.469. The Balaban J connectivity index is 1.40. The molecule has 43 heavy (non-hydrogen) atoms. The minimum Gasteiger partial charge on any atom is -0.372 e. The van der Waals surface area contributed by atoms with E-state index in [4.69, 9.17) is 4.74 Å². The number of fused-ring (bicyclic) bond motifs is 1. The average Bonchev–Trinajstić information content (AvgIpc) is 3.30. The van der Waals surface area contributed by atoms with Crippen LogP contribution in [-0.4, -0.2) is 61.0 Å². The molecule has 1 fully saturated rings. The van der Waals surface area contributed by atoms with Crippen molar-refractivity contribution in [3.05, 3.63) is 59.7 Å². The molecular weight excluding hydrogens is 552 g/mol. The first kappa shape index (κ1) is 30.6. The summed E-state index contributed by atoms with van der Waals surface area (Å²) in [5.74, 6) is 0.558. The number of carbonyl (C=O) groups excluding carboxylic acids is 1. The van der Waals surface area contributed by atoms with Crippen molar-refractivity contribution in [3.63, 3.8) is 0 Å². The summed E-state index contributed by atoms with van der Waals surface area (Å²) in [6, 6.07) is 6.97. The van der Waals surface area contributed by atoms with Gasteiger partial charge < -0.3 is 19.4 Å². The topological polar surface area (TPSA) is 98.1 Å². The number of aromatic nitrogens is 5. The predicted octanol–water partition coefficient (Wildman–Crippen LogP) is 6.57. The van der Waals surface area contributed by atoms with Gasteiger partial charge in [0.1, 0.15) is 29.1 Å². The molecule has 1 saturated heterocycles. The molecule has 0 bridgehead atoms. The molecule has 5 rings (SSSR count). The second-order valence-corrected chi connectivity index (χ2v) is 12.2. The first-order chi connectivity index (χ1) is 20.5. The number of hydrogen-bond donors (Lipinski definition) is 1. The molecule has 9 nitrogen and oxygen atoms in total. The Morgan fingerprint density at radius 3 is 2.56 bits per heavy atom. The van der Waals surface area contributed by atoms with Gasteiger partial charge in [-0.2, -0.15) is 0 Å². The lowest BCUT2D eigenvalue weighted by molar-refractivity contribution is -0.130. The van der Waals surface area contributed by atoms with Gasteiger partial charge in [-0.05, 0) is 63.8 Å². The van der Waals surface area contributed by atoms with E-state index in [0.717, 1.165) is 31.0 Å². The van der Waals surface area contributed by atoms with Crippen LogP contribution in [0.4, 0.5) is 20.5 Å². The zero-order chi connectivity index (χ0) is 30.9. The molecule has 4 aromatic rings. The summed E-state index contributed by atoms with van der Waals surface area (Å²) in [5, 5.41) is 3.06. The summed E-state index contributed by atoms with van der Waals surface area (Å²) in [7, 11) is 0. The van der Waals surface area contributed by atoms with E-state index in [0.29, 0.717) is 48.2 Å². The van der Waals surface area contributed by atoms with Crippen LogP contribution in [-0.2, 0) is 9.53 Å². The number of imidazole rings is 1. The summed E-state index contributed by atoms with van der Waals surface area (Å²) < 4.78 is 37.9. The molecule has 0 aliphatic carbocycles. The maximum Gasteiger partial charge on any atom is 0.229 e. The number of ether oxygens (including phenoxy) is 1. The van der Waals surface area contributed by atoms with Crippen LogP contribution >= 0.6 is 0 Å². The van der Waals surface area contributed by atoms with Gasteiger partial charge in [0.25, 0.3) is 0 Å². The summed E-state index contributed by atoms with van der Waals surface area (Å²) in [6.07, 6.45) is 5.08. The molecular formula is C32H39F2N7O2. The Bertz CT molecular complexity index is 1610. The Kier molecular flexibility index (Phi) is 8.84. The maximum atomic E-state index is 15.1. The molecule has 0 amide bonds. The smallest absolute Gasteiger partial charge is 0.229 e. The third-order valence-corrected chi connectivity index (χ3v) is 7.89. The first-order valence-electron chi connectivity index (χ1n) is 14.7. The molecule has 0 radical (unpaired) electrons. The van der Waals surface area contributed by atoms with Crippen LogP contribution in [0.5, 0.6) is 0 Å². The normalized spacial score (nSPS) is 18.5. The van der Waals surface area contributed by atoms with Crippen LogP contribution in [0.15, 0.2) is 36.7 Å². The van der Waals surface area contributed by atoms with Crippen molar-refractivity contribution in [2.75, 3.05) is 25.0 Å². The lowest BCUT2D eigenvalue weighted by Crippen LogP contribution is -2.51. The van der Waals surface area contributed by atoms with Crippen molar-refractivity contribution in [3.8, 4) is 11.3 Å². The van der Waals surface area contributed by atoms with Crippen molar-refractivity contribution < 1.29 is 18.3 Å². The van der Waals surface area contributed by atoms with Gasteiger partial charge in [-0.25, -0.2) is 28.7 Å². The van der Waals surface area contributed by atoms with E-state index in [-0.39, 0.29) is 29.2 Å². The molecule has 1 aliphatic rings. The van der Waals surface area contributed by atoms with E-state index < -0.39 is 17.2 Å². The SMILES string of the molecule is Cc1nc2c(F)cc(-c3nc(Nc4ccc(C(CC(C)C)N5CCO[C@@](C)(CC=O)C5)cn4)ncc3F)cc2n1C(C)C. The number of pyridine rings is 1. The zero-order valence-electron chi connectivity index (χ0n) is 25.6. The van der Waals surface area contributed by atoms with Crippen LogP contribution in [0.25, 0.3) is 22.3 Å². The highest BCUT2D eigenvalue weighted by Gasteiger charge is 2.35. The summed E-state index contributed by atoms with van der Waals surface area (Å²) in [5.41, 5.74) is 1.63. The van der Waals surface area contributed by atoms with Gasteiger partial charge >= 0.3 is 0 Å². The van der Waals surface area contributed by atoms with Gasteiger partial charge in [-0.1, -0.05) is 19.9 Å². The molecule has 1 aliphatic heterocycles. The molecule has 228 valence electrons. The Hall–Kier alpha value is -3.83. The predicted molar refractivity (Wildman–Crippen MR) is 162 cm³/mol. The molecule has 0 spiro atoms. The van der Waals surface area contributed by atoms with Gasteiger partial charge in [0.05, 0.1) is 23.9 Å². The van der Waals surface area contributed by atoms with E-state index in [1.54, 1.807) is 6.07 Å². The number of halogens is 2. The Morgan fingerprint density at radius 2 is 1.88 bits per heavy atom. The van der Waals surface area contributed by atoms with Crippen LogP contribution in [0.1, 0.15) is 70.9 Å². The molecule has 1 aromatic carbocycles. The number of aldehydes is 1. The average molecular weight is 592 g/mol. The number of morpholine rings is 1. The van der Waals surface area contributed by atoms with E-state index in [2.05, 4.69) is 44.0 Å². The van der Waals surface area contributed by atoms with Gasteiger partial charge in [0, 0.05) is 43.4 Å². The second-order valence-electron chi connectivity index (χ2n) is 12.2. The number of anilines is 2. The molecule has 1 unspecified atom stereocenters. The van der Waals surface area contributed by atoms with Crippen molar-refractivity contribution in [2.45, 2.75) is 72.1 Å². The molecule has 4 heterocycles. The first-order valence-corrected chi connectivity index (χ1v) is 14.7. The lowest BCUT2D eigenvalue weighted by atomic mass is 9.93. The number of carbonyl (C=O) groups is 1. The van der Waals surface area contributed by atoms with E-state index in [1.165, 1.54) is 6.07 Å². The number of hydrogen-bond acceptors (Lipinski definition) is 8. The van der Waals surface area contributed by atoms with Gasteiger partial charge in [0.15, 0.2) is 11.6 Å². The van der Waals surface area contributed by atoms with Crippen LogP contribution < -0.4 is 5.32 Å². The van der Waals surface area contributed by atoms with Crippen molar-refractivity contribution >= 4 is 29.1 Å². The highest BCUT2D eigenvalue weighted by Crippen LogP contribution is 2.34. The quantitative estimate of drug-likeness (QED) is 0.207.